The number of ether oxygens (including phenoxy) is 2. The third kappa shape index (κ3) is 3.16. The zero-order valence-electron chi connectivity index (χ0n) is 15.9. The molecule has 30 heavy (non-hydrogen) atoms. The second-order valence-electron chi connectivity index (χ2n) is 7.00. The van der Waals surface area contributed by atoms with E-state index in [1.165, 1.54) is 17.6 Å². The Morgan fingerprint density at radius 2 is 1.57 bits per heavy atom. The molecule has 7 heteroatoms. The number of hydrogen-bond donors (Lipinski definition) is 0. The lowest BCUT2D eigenvalue weighted by Gasteiger charge is -2.12. The van der Waals surface area contributed by atoms with Crippen LogP contribution in [-0.2, 0) is 9.84 Å². The van der Waals surface area contributed by atoms with Crippen molar-refractivity contribution < 1.29 is 17.9 Å². The molecular formula is C23H16O5S2. The van der Waals surface area contributed by atoms with Crippen molar-refractivity contribution in [3.8, 4) is 33.1 Å². The first-order valence-electron chi connectivity index (χ1n) is 9.18. The summed E-state index contributed by atoms with van der Waals surface area (Å²) in [5.41, 5.74) is 1.99. The molecule has 0 spiro atoms. The van der Waals surface area contributed by atoms with Crippen LogP contribution in [-0.4, -0.2) is 21.5 Å². The number of fused-ring (bicyclic) bond motifs is 2. The van der Waals surface area contributed by atoms with Gasteiger partial charge in [-0.2, -0.15) is 0 Å². The van der Waals surface area contributed by atoms with Crippen LogP contribution in [0.5, 0.6) is 11.5 Å². The molecular weight excluding hydrogens is 420 g/mol. The van der Waals surface area contributed by atoms with Gasteiger partial charge < -0.3 is 9.47 Å². The van der Waals surface area contributed by atoms with Crippen molar-refractivity contribution in [1.29, 1.82) is 0 Å². The van der Waals surface area contributed by atoms with E-state index in [2.05, 4.69) is 0 Å². The Balaban J connectivity index is 1.79. The van der Waals surface area contributed by atoms with E-state index in [4.69, 9.17) is 9.47 Å². The van der Waals surface area contributed by atoms with E-state index < -0.39 is 9.84 Å². The maximum atomic E-state index is 13.5. The molecule has 0 fully saturated rings. The zero-order chi connectivity index (χ0) is 20.9. The Labute approximate surface area is 177 Å². The normalized spacial score (nSPS) is 13.0. The average Bonchev–Trinajstić information content (AvgIpc) is 3.21. The van der Waals surface area contributed by atoms with Crippen LogP contribution in [0.2, 0.25) is 0 Å². The van der Waals surface area contributed by atoms with Crippen molar-refractivity contribution >= 4 is 31.3 Å². The lowest BCUT2D eigenvalue weighted by molar-refractivity contribution is 0.174. The monoisotopic (exact) mass is 436 g/mol. The molecule has 0 saturated carbocycles. The minimum absolute atomic E-state index is 0.0783. The van der Waals surface area contributed by atoms with Crippen molar-refractivity contribution in [3.05, 3.63) is 77.0 Å². The first-order chi connectivity index (χ1) is 14.4. The summed E-state index contributed by atoms with van der Waals surface area (Å²) >= 11 is 1.50. The number of rotatable bonds is 3. The van der Waals surface area contributed by atoms with Crippen molar-refractivity contribution in [1.82, 2.24) is 0 Å². The third-order valence-corrected chi connectivity index (χ3v) is 7.35. The molecule has 0 N–H and O–H groups in total. The smallest absolute Gasteiger partial charge is 0.231 e. The van der Waals surface area contributed by atoms with Crippen molar-refractivity contribution in [2.45, 2.75) is 4.90 Å². The van der Waals surface area contributed by atoms with E-state index in [1.54, 1.807) is 30.3 Å². The lowest BCUT2D eigenvalue weighted by atomic mass is 10.00. The topological polar surface area (TPSA) is 69.7 Å². The average molecular weight is 437 g/mol. The maximum Gasteiger partial charge on any atom is 0.231 e. The van der Waals surface area contributed by atoms with Gasteiger partial charge in [0.05, 0.1) is 4.90 Å². The second-order valence-corrected chi connectivity index (χ2v) is 10.1. The molecule has 0 aliphatic carbocycles. The first-order valence-corrected chi connectivity index (χ1v) is 11.9. The number of hydrogen-bond acceptors (Lipinski definition) is 6. The van der Waals surface area contributed by atoms with Crippen molar-refractivity contribution in [3.63, 3.8) is 0 Å². The molecule has 0 saturated heterocycles. The van der Waals surface area contributed by atoms with Crippen molar-refractivity contribution in [2.75, 3.05) is 13.0 Å². The minimum atomic E-state index is -3.30. The Bertz CT molecular complexity index is 1450. The number of sulfone groups is 1. The summed E-state index contributed by atoms with van der Waals surface area (Å²) < 4.78 is 35.4. The van der Waals surface area contributed by atoms with Gasteiger partial charge in [-0.3, -0.25) is 4.79 Å². The summed E-state index contributed by atoms with van der Waals surface area (Å²) in [6, 6.07) is 19.6. The Kier molecular flexibility index (Phi) is 4.38. The summed E-state index contributed by atoms with van der Waals surface area (Å²) in [6.45, 7) is 0.156. The highest BCUT2D eigenvalue weighted by atomic mass is 32.2. The fraction of sp³-hybridized carbons (Fsp3) is 0.0870. The van der Waals surface area contributed by atoms with Gasteiger partial charge in [0.1, 0.15) is 0 Å². The fourth-order valence-electron chi connectivity index (χ4n) is 3.51. The molecule has 2 heterocycles. The molecule has 4 aromatic rings. The minimum Gasteiger partial charge on any atom is -0.454 e. The SMILES string of the molecule is CS(=O)(=O)c1ccc(-c2sc3ccccc3c(=O)c2-c2ccc3c(c2)OCO3)cc1. The molecule has 5 nitrogen and oxygen atoms in total. The molecule has 0 radical (unpaired) electrons. The lowest BCUT2D eigenvalue weighted by Crippen LogP contribution is -2.06. The zero-order valence-corrected chi connectivity index (χ0v) is 17.5. The Hall–Kier alpha value is -3.16. The van der Waals surface area contributed by atoms with Gasteiger partial charge in [0, 0.05) is 26.8 Å². The molecule has 0 unspecified atom stereocenters. The van der Waals surface area contributed by atoms with Gasteiger partial charge in [0.2, 0.25) is 6.79 Å². The highest BCUT2D eigenvalue weighted by Gasteiger charge is 2.20. The van der Waals surface area contributed by atoms with Crippen LogP contribution in [0, 0.1) is 0 Å². The predicted molar refractivity (Wildman–Crippen MR) is 118 cm³/mol. The maximum absolute atomic E-state index is 13.5. The molecule has 0 atom stereocenters. The van der Waals surface area contributed by atoms with E-state index in [0.29, 0.717) is 22.4 Å². The number of benzene rings is 3. The van der Waals surface area contributed by atoms with Gasteiger partial charge in [0.25, 0.3) is 0 Å². The van der Waals surface area contributed by atoms with Crippen LogP contribution < -0.4 is 14.9 Å². The predicted octanol–water partition coefficient (Wildman–Crippen LogP) is 4.73. The highest BCUT2D eigenvalue weighted by Crippen LogP contribution is 2.41. The second kappa shape index (κ2) is 6.97. The highest BCUT2D eigenvalue weighted by molar-refractivity contribution is 7.90. The molecule has 150 valence electrons. The van der Waals surface area contributed by atoms with Crippen LogP contribution >= 0.6 is 11.3 Å². The molecule has 0 bridgehead atoms. The van der Waals surface area contributed by atoms with Crippen molar-refractivity contribution in [2.24, 2.45) is 0 Å². The van der Waals surface area contributed by atoms with E-state index in [1.807, 2.05) is 36.4 Å². The molecule has 5 rings (SSSR count). The van der Waals surface area contributed by atoms with Crippen LogP contribution in [0.3, 0.4) is 0 Å². The van der Waals surface area contributed by atoms with E-state index >= 15 is 0 Å². The van der Waals surface area contributed by atoms with Gasteiger partial charge in [-0.1, -0.05) is 30.3 Å². The molecule has 3 aromatic carbocycles. The third-order valence-electron chi connectivity index (χ3n) is 5.00. The van der Waals surface area contributed by atoms with Gasteiger partial charge >= 0.3 is 0 Å². The van der Waals surface area contributed by atoms with Crippen LogP contribution in [0.25, 0.3) is 31.7 Å². The molecule has 0 amide bonds. The summed E-state index contributed by atoms with van der Waals surface area (Å²) in [4.78, 5) is 14.5. The van der Waals surface area contributed by atoms with Crippen LogP contribution in [0.4, 0.5) is 0 Å². The van der Waals surface area contributed by atoms with E-state index in [-0.39, 0.29) is 17.1 Å². The van der Waals surface area contributed by atoms with E-state index in [0.717, 1.165) is 20.7 Å². The Morgan fingerprint density at radius 3 is 2.33 bits per heavy atom. The van der Waals surface area contributed by atoms with Gasteiger partial charge in [-0.15, -0.1) is 11.3 Å². The first kappa shape index (κ1) is 18.8. The summed E-state index contributed by atoms with van der Waals surface area (Å²) in [5, 5.41) is 0.645. The summed E-state index contributed by atoms with van der Waals surface area (Å²) in [5.74, 6) is 1.25. The Morgan fingerprint density at radius 1 is 0.867 bits per heavy atom. The molecule has 1 aromatic heterocycles. The summed E-state index contributed by atoms with van der Waals surface area (Å²) in [6.07, 6.45) is 1.18. The fourth-order valence-corrected chi connectivity index (χ4v) is 5.35. The molecule has 1 aliphatic heterocycles. The van der Waals surface area contributed by atoms with Crippen LogP contribution in [0.15, 0.2) is 76.4 Å². The van der Waals surface area contributed by atoms with Gasteiger partial charge in [-0.25, -0.2) is 8.42 Å². The van der Waals surface area contributed by atoms with Gasteiger partial charge in [-0.05, 0) is 47.5 Å². The van der Waals surface area contributed by atoms with Crippen LogP contribution in [0.1, 0.15) is 0 Å². The largest absolute Gasteiger partial charge is 0.454 e. The molecule has 1 aliphatic rings. The summed E-state index contributed by atoms with van der Waals surface area (Å²) in [7, 11) is -3.30. The quantitative estimate of drug-likeness (QED) is 0.464. The standard InChI is InChI=1S/C23H16O5S2/c1-30(25,26)16-9-6-14(7-10-16)23-21(15-8-11-18-19(12-15)28-13-27-18)22(24)17-4-2-3-5-20(17)29-23/h2-12H,13H2,1H3. The van der Waals surface area contributed by atoms with E-state index in [9.17, 15) is 13.2 Å². The van der Waals surface area contributed by atoms with Gasteiger partial charge in [0.15, 0.2) is 26.8 Å².